The van der Waals surface area contributed by atoms with Gasteiger partial charge in [0.05, 0.1) is 4.75 Å². The van der Waals surface area contributed by atoms with Gasteiger partial charge in [0, 0.05) is 5.33 Å². The number of halogens is 1. The monoisotopic (exact) mass is 428 g/mol. The summed E-state index contributed by atoms with van der Waals surface area (Å²) in [6.07, 6.45) is 0. The van der Waals surface area contributed by atoms with Crippen LogP contribution in [0.25, 0.3) is 0 Å². The van der Waals surface area contributed by atoms with E-state index in [1.807, 2.05) is 6.07 Å². The van der Waals surface area contributed by atoms with Crippen molar-refractivity contribution in [2.45, 2.75) is 29.1 Å². The standard InChI is InChI=1S/C16H17BrN2O5S/c1-16(8-17)12(15(22)23)19-13(21)11(14(19)25-16)18-10(20)7-24-9-5-3-2-4-6-9/h2-6,11-12,14H,7-8H2,1H3,(H,18,20)(H,22,23)/t11?,12?,14-,16?/m1/s1. The summed E-state index contributed by atoms with van der Waals surface area (Å²) in [5, 5.41) is 12.2. The maximum atomic E-state index is 12.3. The van der Waals surface area contributed by atoms with Gasteiger partial charge < -0.3 is 20.1 Å². The number of thioether (sulfide) groups is 1. The predicted octanol–water partition coefficient (Wildman–Crippen LogP) is 1.07. The number of para-hydroxylation sites is 1. The van der Waals surface area contributed by atoms with E-state index in [-0.39, 0.29) is 17.9 Å². The molecule has 0 spiro atoms. The third kappa shape index (κ3) is 3.22. The molecule has 0 aliphatic carbocycles. The van der Waals surface area contributed by atoms with Crippen molar-refractivity contribution < 1.29 is 24.2 Å². The van der Waals surface area contributed by atoms with E-state index in [4.69, 9.17) is 4.74 Å². The van der Waals surface area contributed by atoms with Gasteiger partial charge in [0.25, 0.3) is 5.91 Å². The number of carboxylic acids is 1. The van der Waals surface area contributed by atoms with Crippen molar-refractivity contribution in [1.29, 1.82) is 0 Å². The predicted molar refractivity (Wildman–Crippen MR) is 95.7 cm³/mol. The Bertz CT molecular complexity index is 703. The summed E-state index contributed by atoms with van der Waals surface area (Å²) in [6, 6.07) is 7.25. The SMILES string of the molecule is CC1(CBr)S[C@@H]2C(NC(=O)COc3ccccc3)C(=O)N2C1C(=O)O. The van der Waals surface area contributed by atoms with Crippen LogP contribution in [-0.4, -0.2) is 61.9 Å². The minimum absolute atomic E-state index is 0.205. The van der Waals surface area contributed by atoms with Crippen LogP contribution in [0, 0.1) is 0 Å². The number of nitrogens with zero attached hydrogens (tertiary/aromatic N) is 1. The minimum Gasteiger partial charge on any atom is -0.484 e. The third-order valence-corrected chi connectivity index (χ3v) is 7.44. The van der Waals surface area contributed by atoms with Crippen molar-refractivity contribution in [3.63, 3.8) is 0 Å². The Morgan fingerprint density at radius 2 is 2.08 bits per heavy atom. The zero-order chi connectivity index (χ0) is 18.2. The van der Waals surface area contributed by atoms with Gasteiger partial charge in [0.2, 0.25) is 5.91 Å². The fourth-order valence-electron chi connectivity index (χ4n) is 3.02. The first-order valence-electron chi connectivity index (χ1n) is 7.63. The Morgan fingerprint density at radius 3 is 2.68 bits per heavy atom. The number of hydrogen-bond donors (Lipinski definition) is 2. The molecule has 0 radical (unpaired) electrons. The highest BCUT2D eigenvalue weighted by atomic mass is 79.9. The van der Waals surface area contributed by atoms with Gasteiger partial charge in [-0.15, -0.1) is 11.8 Å². The molecule has 0 bridgehead atoms. The number of nitrogens with one attached hydrogen (secondary N) is 1. The lowest BCUT2D eigenvalue weighted by Gasteiger charge is -2.43. The molecule has 2 N–H and O–H groups in total. The summed E-state index contributed by atoms with van der Waals surface area (Å²) in [6.45, 7) is 1.59. The van der Waals surface area contributed by atoms with E-state index in [1.165, 1.54) is 16.7 Å². The fourth-order valence-corrected chi connectivity index (χ4v) is 5.34. The van der Waals surface area contributed by atoms with Gasteiger partial charge in [-0.2, -0.15) is 0 Å². The number of aliphatic carboxylic acids is 1. The Labute approximate surface area is 157 Å². The summed E-state index contributed by atoms with van der Waals surface area (Å²) in [7, 11) is 0. The topological polar surface area (TPSA) is 95.9 Å². The molecule has 4 atom stereocenters. The highest BCUT2D eigenvalue weighted by Gasteiger charge is 2.65. The van der Waals surface area contributed by atoms with Crippen molar-refractivity contribution in [2.75, 3.05) is 11.9 Å². The summed E-state index contributed by atoms with van der Waals surface area (Å²) in [5.41, 5.74) is 0. The van der Waals surface area contributed by atoms with Gasteiger partial charge in [-0.25, -0.2) is 4.79 Å². The van der Waals surface area contributed by atoms with Crippen molar-refractivity contribution in [2.24, 2.45) is 0 Å². The molecule has 2 saturated heterocycles. The van der Waals surface area contributed by atoms with Crippen molar-refractivity contribution >= 4 is 45.5 Å². The second kappa shape index (κ2) is 6.87. The molecule has 3 rings (SSSR count). The van der Waals surface area contributed by atoms with E-state index < -0.39 is 28.7 Å². The van der Waals surface area contributed by atoms with Crippen molar-refractivity contribution in [3.8, 4) is 5.75 Å². The van der Waals surface area contributed by atoms with E-state index >= 15 is 0 Å². The van der Waals surface area contributed by atoms with Crippen LogP contribution in [0.1, 0.15) is 6.92 Å². The average molecular weight is 429 g/mol. The maximum Gasteiger partial charge on any atom is 0.327 e. The number of alkyl halides is 1. The van der Waals surface area contributed by atoms with Gasteiger partial charge in [0.1, 0.15) is 23.2 Å². The van der Waals surface area contributed by atoms with E-state index in [0.717, 1.165) is 0 Å². The molecule has 25 heavy (non-hydrogen) atoms. The minimum atomic E-state index is -1.04. The summed E-state index contributed by atoms with van der Waals surface area (Å²) >= 11 is 4.73. The molecule has 7 nitrogen and oxygen atoms in total. The van der Waals surface area contributed by atoms with Crippen LogP contribution in [0.2, 0.25) is 0 Å². The lowest BCUT2D eigenvalue weighted by Crippen LogP contribution is -2.71. The van der Waals surface area contributed by atoms with Crippen molar-refractivity contribution in [1.82, 2.24) is 10.2 Å². The molecule has 9 heteroatoms. The summed E-state index contributed by atoms with van der Waals surface area (Å²) in [5.74, 6) is -1.26. The highest BCUT2D eigenvalue weighted by molar-refractivity contribution is 9.09. The van der Waals surface area contributed by atoms with Gasteiger partial charge in [-0.05, 0) is 19.1 Å². The quantitative estimate of drug-likeness (QED) is 0.519. The lowest BCUT2D eigenvalue weighted by molar-refractivity contribution is -0.161. The molecular formula is C16H17BrN2O5S. The molecule has 0 aromatic heterocycles. The number of β-lactam (4-membered cyclic amide) rings is 1. The first kappa shape index (κ1) is 18.1. The number of carbonyl (C=O) groups is 3. The molecule has 134 valence electrons. The van der Waals surface area contributed by atoms with Crippen LogP contribution in [-0.2, 0) is 14.4 Å². The number of rotatable bonds is 6. The Hall–Kier alpha value is -1.74. The first-order chi connectivity index (χ1) is 11.9. The largest absolute Gasteiger partial charge is 0.484 e. The number of carbonyl (C=O) groups excluding carboxylic acids is 2. The van der Waals surface area contributed by atoms with Gasteiger partial charge >= 0.3 is 5.97 Å². The van der Waals surface area contributed by atoms with Crippen LogP contribution in [0.5, 0.6) is 5.75 Å². The van der Waals surface area contributed by atoms with Crippen LogP contribution < -0.4 is 10.1 Å². The Kier molecular flexibility index (Phi) is 4.97. The molecule has 3 unspecified atom stereocenters. The molecule has 2 heterocycles. The van der Waals surface area contributed by atoms with E-state index in [0.29, 0.717) is 11.1 Å². The fraction of sp³-hybridized carbons (Fsp3) is 0.438. The third-order valence-electron chi connectivity index (χ3n) is 4.26. The Balaban J connectivity index is 1.61. The van der Waals surface area contributed by atoms with E-state index in [9.17, 15) is 19.5 Å². The normalized spacial score (nSPS) is 30.4. The number of fused-ring (bicyclic) bond motifs is 1. The second-order valence-electron chi connectivity index (χ2n) is 6.09. The van der Waals surface area contributed by atoms with E-state index in [2.05, 4.69) is 21.2 Å². The number of carboxylic acid groups (broad SMARTS) is 1. The molecule has 2 aliphatic heterocycles. The number of ether oxygens (including phenoxy) is 1. The van der Waals surface area contributed by atoms with Gasteiger partial charge in [-0.3, -0.25) is 9.59 Å². The molecular weight excluding hydrogens is 412 g/mol. The molecule has 1 aromatic rings. The number of benzene rings is 1. The highest BCUT2D eigenvalue weighted by Crippen LogP contribution is 2.51. The smallest absolute Gasteiger partial charge is 0.327 e. The maximum absolute atomic E-state index is 12.3. The van der Waals surface area contributed by atoms with Crippen LogP contribution in [0.4, 0.5) is 0 Å². The lowest BCUT2D eigenvalue weighted by atomic mass is 9.96. The van der Waals surface area contributed by atoms with E-state index in [1.54, 1.807) is 31.2 Å². The van der Waals surface area contributed by atoms with Gasteiger partial charge in [0.15, 0.2) is 6.61 Å². The van der Waals surface area contributed by atoms with Crippen LogP contribution >= 0.6 is 27.7 Å². The molecule has 2 fully saturated rings. The van der Waals surface area contributed by atoms with Crippen LogP contribution in [0.3, 0.4) is 0 Å². The molecule has 2 amide bonds. The average Bonchev–Trinajstić information content (AvgIpc) is 2.89. The van der Waals surface area contributed by atoms with Crippen molar-refractivity contribution in [3.05, 3.63) is 30.3 Å². The molecule has 0 saturated carbocycles. The zero-order valence-corrected chi connectivity index (χ0v) is 15.7. The molecule has 1 aromatic carbocycles. The summed E-state index contributed by atoms with van der Waals surface area (Å²) < 4.78 is 4.71. The summed E-state index contributed by atoms with van der Waals surface area (Å²) in [4.78, 5) is 37.3. The van der Waals surface area contributed by atoms with Gasteiger partial charge in [-0.1, -0.05) is 34.1 Å². The number of amides is 2. The second-order valence-corrected chi connectivity index (χ2v) is 8.30. The Morgan fingerprint density at radius 1 is 1.40 bits per heavy atom. The molecule has 2 aliphatic rings. The van der Waals surface area contributed by atoms with Crippen LogP contribution in [0.15, 0.2) is 30.3 Å². The number of hydrogen-bond acceptors (Lipinski definition) is 5. The zero-order valence-electron chi connectivity index (χ0n) is 13.3. The first-order valence-corrected chi connectivity index (χ1v) is 9.63.